The lowest BCUT2D eigenvalue weighted by atomic mass is 9.99. The first-order valence-corrected chi connectivity index (χ1v) is 9.93. The summed E-state index contributed by atoms with van der Waals surface area (Å²) in [6.07, 6.45) is -1.20. The number of hydrogen-bond acceptors (Lipinski definition) is 5. The van der Waals surface area contributed by atoms with Crippen molar-refractivity contribution in [3.63, 3.8) is 0 Å². The van der Waals surface area contributed by atoms with Crippen LogP contribution in [0.1, 0.15) is 17.2 Å². The summed E-state index contributed by atoms with van der Waals surface area (Å²) in [6.45, 7) is 1.21. The number of ether oxygens (including phenoxy) is 1. The van der Waals surface area contributed by atoms with Crippen molar-refractivity contribution in [2.45, 2.75) is 24.0 Å². The van der Waals surface area contributed by atoms with Gasteiger partial charge in [0.25, 0.3) is 15.9 Å². The molecule has 7 nitrogen and oxygen atoms in total. The average Bonchev–Trinajstić information content (AvgIpc) is 2.64. The molecule has 0 aliphatic carbocycles. The number of morpholine rings is 1. The van der Waals surface area contributed by atoms with Gasteiger partial charge in [-0.2, -0.15) is 0 Å². The summed E-state index contributed by atoms with van der Waals surface area (Å²) < 4.78 is 32.6. The van der Waals surface area contributed by atoms with Crippen LogP contribution >= 0.6 is 11.6 Å². The smallest absolute Gasteiger partial charge is 0.265 e. The summed E-state index contributed by atoms with van der Waals surface area (Å²) in [5.74, 6) is -1.26. The minimum absolute atomic E-state index is 0.0977. The third kappa shape index (κ3) is 4.13. The van der Waals surface area contributed by atoms with Gasteiger partial charge in [0.05, 0.1) is 10.9 Å². The molecule has 0 radical (unpaired) electrons. The van der Waals surface area contributed by atoms with Gasteiger partial charge in [0.1, 0.15) is 6.61 Å². The Bertz CT molecular complexity index is 979. The Labute approximate surface area is 161 Å². The van der Waals surface area contributed by atoms with Crippen molar-refractivity contribution in [3.8, 4) is 0 Å². The van der Waals surface area contributed by atoms with Crippen molar-refractivity contribution < 1.29 is 22.7 Å². The SMILES string of the molecule is Cc1c(Cl)cccc1S(=O)(=O)NC(=O)[C@@H]1OCC(=O)N[C@@H]1c1ccccc1. The van der Waals surface area contributed by atoms with Crippen LogP contribution in [0.5, 0.6) is 0 Å². The van der Waals surface area contributed by atoms with Gasteiger partial charge in [-0.15, -0.1) is 0 Å². The lowest BCUT2D eigenvalue weighted by Crippen LogP contribution is -2.53. The van der Waals surface area contributed by atoms with E-state index in [2.05, 4.69) is 5.32 Å². The van der Waals surface area contributed by atoms with Crippen molar-refractivity contribution >= 4 is 33.4 Å². The largest absolute Gasteiger partial charge is 0.356 e. The summed E-state index contributed by atoms with van der Waals surface area (Å²) in [7, 11) is -4.16. The van der Waals surface area contributed by atoms with Crippen molar-refractivity contribution in [2.75, 3.05) is 6.61 Å². The van der Waals surface area contributed by atoms with E-state index in [0.717, 1.165) is 0 Å². The average molecular weight is 409 g/mol. The van der Waals surface area contributed by atoms with Gasteiger partial charge in [-0.1, -0.05) is 48.0 Å². The van der Waals surface area contributed by atoms with E-state index >= 15 is 0 Å². The van der Waals surface area contributed by atoms with Crippen LogP contribution in [-0.2, 0) is 24.3 Å². The van der Waals surface area contributed by atoms with E-state index in [1.807, 2.05) is 4.72 Å². The molecule has 2 amide bonds. The van der Waals surface area contributed by atoms with Gasteiger partial charge in [-0.3, -0.25) is 9.59 Å². The Morgan fingerprint density at radius 1 is 1.19 bits per heavy atom. The number of rotatable bonds is 4. The first kappa shape index (κ1) is 19.3. The molecule has 3 rings (SSSR count). The van der Waals surface area contributed by atoms with Crippen molar-refractivity contribution in [1.82, 2.24) is 10.0 Å². The summed E-state index contributed by atoms with van der Waals surface area (Å²) in [5.41, 5.74) is 0.957. The second kappa shape index (κ2) is 7.67. The zero-order valence-corrected chi connectivity index (χ0v) is 15.9. The highest BCUT2D eigenvalue weighted by atomic mass is 35.5. The monoisotopic (exact) mass is 408 g/mol. The van der Waals surface area contributed by atoms with Crippen LogP contribution in [0, 0.1) is 6.92 Å². The molecule has 1 fully saturated rings. The quantitative estimate of drug-likeness (QED) is 0.801. The van der Waals surface area contributed by atoms with Crippen LogP contribution in [0.4, 0.5) is 0 Å². The molecule has 2 aromatic rings. The van der Waals surface area contributed by atoms with Crippen LogP contribution in [0.25, 0.3) is 0 Å². The molecule has 2 N–H and O–H groups in total. The molecule has 0 unspecified atom stereocenters. The Kier molecular flexibility index (Phi) is 5.50. The van der Waals surface area contributed by atoms with Crippen LogP contribution in [0.15, 0.2) is 53.4 Å². The molecule has 142 valence electrons. The van der Waals surface area contributed by atoms with Gasteiger partial charge < -0.3 is 10.1 Å². The standard InChI is InChI=1S/C18H17ClN2O5S/c1-11-13(19)8-5-9-14(11)27(24,25)21-18(23)17-16(20-15(22)10-26-17)12-6-3-2-4-7-12/h2-9,16-17H,10H2,1H3,(H,20,22)(H,21,23)/t16-,17-/m1/s1. The van der Waals surface area contributed by atoms with Crippen molar-refractivity contribution in [1.29, 1.82) is 0 Å². The third-order valence-electron chi connectivity index (χ3n) is 4.17. The van der Waals surface area contributed by atoms with E-state index in [1.165, 1.54) is 12.1 Å². The number of hydrogen-bond donors (Lipinski definition) is 2. The van der Waals surface area contributed by atoms with E-state index in [4.69, 9.17) is 16.3 Å². The molecule has 2 atom stereocenters. The number of carbonyl (C=O) groups excluding carboxylic acids is 2. The van der Waals surface area contributed by atoms with Gasteiger partial charge in [-0.25, -0.2) is 13.1 Å². The molecule has 0 bridgehead atoms. The van der Waals surface area contributed by atoms with Crippen LogP contribution in [0.3, 0.4) is 0 Å². The third-order valence-corrected chi connectivity index (χ3v) is 6.07. The molecule has 1 saturated heterocycles. The molecule has 0 saturated carbocycles. The minimum atomic E-state index is -4.16. The maximum Gasteiger partial charge on any atom is 0.265 e. The Morgan fingerprint density at radius 3 is 2.59 bits per heavy atom. The second-order valence-corrected chi connectivity index (χ2v) is 8.08. The first-order chi connectivity index (χ1) is 12.8. The Morgan fingerprint density at radius 2 is 1.89 bits per heavy atom. The van der Waals surface area contributed by atoms with Gasteiger partial charge in [0, 0.05) is 5.02 Å². The maximum atomic E-state index is 12.7. The van der Waals surface area contributed by atoms with Crippen molar-refractivity contribution in [2.24, 2.45) is 0 Å². The van der Waals surface area contributed by atoms with E-state index in [0.29, 0.717) is 11.1 Å². The zero-order chi connectivity index (χ0) is 19.6. The molecule has 9 heteroatoms. The van der Waals surface area contributed by atoms with Crippen LogP contribution in [-0.4, -0.2) is 32.9 Å². The predicted octanol–water partition coefficient (Wildman–Crippen LogP) is 1.71. The van der Waals surface area contributed by atoms with Gasteiger partial charge >= 0.3 is 0 Å². The fourth-order valence-electron chi connectivity index (χ4n) is 2.82. The van der Waals surface area contributed by atoms with E-state index in [1.54, 1.807) is 43.3 Å². The minimum Gasteiger partial charge on any atom is -0.356 e. The zero-order valence-electron chi connectivity index (χ0n) is 14.3. The van der Waals surface area contributed by atoms with Crippen molar-refractivity contribution in [3.05, 3.63) is 64.7 Å². The molecule has 1 aliphatic heterocycles. The van der Waals surface area contributed by atoms with Crippen LogP contribution < -0.4 is 10.0 Å². The highest BCUT2D eigenvalue weighted by Gasteiger charge is 2.38. The maximum absolute atomic E-state index is 12.7. The van der Waals surface area contributed by atoms with Gasteiger partial charge in [0.2, 0.25) is 5.91 Å². The van der Waals surface area contributed by atoms with Crippen LogP contribution in [0.2, 0.25) is 5.02 Å². The van der Waals surface area contributed by atoms with Gasteiger partial charge in [-0.05, 0) is 30.2 Å². The fourth-order valence-corrected chi connectivity index (χ4v) is 4.31. The highest BCUT2D eigenvalue weighted by Crippen LogP contribution is 2.25. The van der Waals surface area contributed by atoms with Gasteiger partial charge in [0.15, 0.2) is 6.10 Å². The van der Waals surface area contributed by atoms with E-state index < -0.39 is 28.1 Å². The molecular weight excluding hydrogens is 392 g/mol. The number of nitrogens with one attached hydrogen (secondary N) is 2. The molecule has 1 aliphatic rings. The lowest BCUT2D eigenvalue weighted by Gasteiger charge is -2.31. The number of sulfonamides is 1. The predicted molar refractivity (Wildman–Crippen MR) is 98.6 cm³/mol. The topological polar surface area (TPSA) is 102 Å². The molecular formula is C18H17ClN2O5S. The Hall–Kier alpha value is -2.42. The Balaban J connectivity index is 1.87. The normalized spacial score (nSPS) is 20.0. The fraction of sp³-hybridized carbons (Fsp3) is 0.222. The molecule has 1 heterocycles. The first-order valence-electron chi connectivity index (χ1n) is 8.07. The number of carbonyl (C=O) groups is 2. The molecule has 0 aromatic heterocycles. The highest BCUT2D eigenvalue weighted by molar-refractivity contribution is 7.90. The molecule has 2 aromatic carbocycles. The van der Waals surface area contributed by atoms with E-state index in [9.17, 15) is 18.0 Å². The number of halogens is 1. The summed E-state index contributed by atoms with van der Waals surface area (Å²) in [4.78, 5) is 24.3. The summed E-state index contributed by atoms with van der Waals surface area (Å²) in [5, 5.41) is 2.94. The molecule has 0 spiro atoms. The molecule has 27 heavy (non-hydrogen) atoms. The van der Waals surface area contributed by atoms with E-state index in [-0.39, 0.29) is 22.4 Å². The number of amides is 2. The second-order valence-electron chi connectivity index (χ2n) is 6.02. The summed E-state index contributed by atoms with van der Waals surface area (Å²) >= 11 is 5.98. The lowest BCUT2D eigenvalue weighted by molar-refractivity contribution is -0.146. The summed E-state index contributed by atoms with van der Waals surface area (Å²) in [6, 6.07) is 12.3. The number of benzene rings is 2.